The van der Waals surface area contributed by atoms with Gasteiger partial charge in [0.25, 0.3) is 0 Å². The monoisotopic (exact) mass is 445 g/mol. The average Bonchev–Trinajstić information content (AvgIpc) is 3.17. The molecule has 0 aliphatic carbocycles. The number of amides is 2. The minimum absolute atomic E-state index is 0.0702. The van der Waals surface area contributed by atoms with Crippen molar-refractivity contribution in [1.82, 2.24) is 5.32 Å². The summed E-state index contributed by atoms with van der Waals surface area (Å²) in [6, 6.07) is 11.1. The zero-order chi connectivity index (χ0) is 19.4. The molecule has 0 radical (unpaired) electrons. The van der Waals surface area contributed by atoms with E-state index in [2.05, 4.69) is 32.6 Å². The van der Waals surface area contributed by atoms with Gasteiger partial charge in [0.2, 0.25) is 11.8 Å². The number of hydrogen-bond donors (Lipinski definition) is 2. The van der Waals surface area contributed by atoms with Crippen LogP contribution in [0.3, 0.4) is 0 Å². The summed E-state index contributed by atoms with van der Waals surface area (Å²) in [7, 11) is 0. The number of nitriles is 1. The number of benzene rings is 1. The fraction of sp³-hybridized carbons (Fsp3) is 0.211. The van der Waals surface area contributed by atoms with Crippen LogP contribution in [0.4, 0.5) is 5.69 Å². The number of aryl methyl sites for hydroxylation is 1. The van der Waals surface area contributed by atoms with E-state index >= 15 is 0 Å². The van der Waals surface area contributed by atoms with Crippen molar-refractivity contribution >= 4 is 45.2 Å². The molecule has 1 aliphatic rings. The minimum atomic E-state index is -0.432. The molecule has 3 rings (SSSR count). The van der Waals surface area contributed by atoms with E-state index in [4.69, 9.17) is 4.42 Å². The van der Waals surface area contributed by atoms with Gasteiger partial charge in [0, 0.05) is 16.6 Å². The number of carbonyl (C=O) groups is 2. The molecule has 1 aromatic heterocycles. The zero-order valence-corrected chi connectivity index (χ0v) is 16.8. The number of nitrogens with one attached hydrogen (secondary N) is 2. The van der Waals surface area contributed by atoms with Crippen LogP contribution in [0.1, 0.15) is 23.7 Å². The summed E-state index contributed by atoms with van der Waals surface area (Å²) < 4.78 is 6.33. The van der Waals surface area contributed by atoms with Gasteiger partial charge in [-0.05, 0) is 42.8 Å². The van der Waals surface area contributed by atoms with Crippen LogP contribution in [0.5, 0.6) is 0 Å². The third kappa shape index (κ3) is 4.62. The molecular formula is C19H16BrN3O3S. The summed E-state index contributed by atoms with van der Waals surface area (Å²) in [6.07, 6.45) is 1.65. The van der Waals surface area contributed by atoms with E-state index in [-0.39, 0.29) is 24.0 Å². The van der Waals surface area contributed by atoms with Crippen molar-refractivity contribution in [3.05, 3.63) is 63.0 Å². The Bertz CT molecular complexity index is 948. The van der Waals surface area contributed by atoms with Crippen molar-refractivity contribution in [2.75, 3.05) is 11.1 Å². The number of anilines is 1. The number of hydrogen-bond acceptors (Lipinski definition) is 5. The fourth-order valence-corrected chi connectivity index (χ4v) is 3.85. The first-order chi connectivity index (χ1) is 13.0. The Morgan fingerprint density at radius 2 is 2.30 bits per heavy atom. The Kier molecular flexibility index (Phi) is 6.04. The van der Waals surface area contributed by atoms with Crippen molar-refractivity contribution in [2.45, 2.75) is 19.3 Å². The maximum atomic E-state index is 12.3. The summed E-state index contributed by atoms with van der Waals surface area (Å²) >= 11 is 4.55. The molecule has 1 atom stereocenters. The first-order valence-electron chi connectivity index (χ1n) is 8.14. The number of furan rings is 1. The Morgan fingerprint density at radius 1 is 1.48 bits per heavy atom. The molecule has 27 heavy (non-hydrogen) atoms. The van der Waals surface area contributed by atoms with Crippen molar-refractivity contribution in [1.29, 1.82) is 5.26 Å². The molecule has 0 bridgehead atoms. The number of carbonyl (C=O) groups excluding carboxylic acids is 2. The first kappa shape index (κ1) is 19.3. The van der Waals surface area contributed by atoms with Crippen LogP contribution in [-0.2, 0) is 9.59 Å². The van der Waals surface area contributed by atoms with Gasteiger partial charge >= 0.3 is 0 Å². The molecule has 8 heteroatoms. The lowest BCUT2D eigenvalue weighted by Gasteiger charge is -2.23. The van der Waals surface area contributed by atoms with Gasteiger partial charge in [-0.15, -0.1) is 0 Å². The molecule has 0 saturated heterocycles. The average molecular weight is 446 g/mol. The second-order valence-electron chi connectivity index (χ2n) is 5.98. The Morgan fingerprint density at radius 3 is 2.96 bits per heavy atom. The molecule has 6 nitrogen and oxygen atoms in total. The Labute approximate surface area is 169 Å². The molecule has 0 fully saturated rings. The number of rotatable bonds is 5. The Balaban J connectivity index is 1.71. The zero-order valence-electron chi connectivity index (χ0n) is 14.4. The lowest BCUT2D eigenvalue weighted by atomic mass is 9.92. The first-order valence-corrected chi connectivity index (χ1v) is 9.92. The number of thioether (sulfide) groups is 1. The van der Waals surface area contributed by atoms with Crippen molar-refractivity contribution in [3.8, 4) is 6.07 Å². The van der Waals surface area contributed by atoms with Crippen molar-refractivity contribution in [3.63, 3.8) is 0 Å². The highest BCUT2D eigenvalue weighted by Crippen LogP contribution is 2.36. The van der Waals surface area contributed by atoms with Gasteiger partial charge in [0.05, 0.1) is 34.6 Å². The van der Waals surface area contributed by atoms with Crippen LogP contribution < -0.4 is 10.6 Å². The van der Waals surface area contributed by atoms with Crippen LogP contribution in [-0.4, -0.2) is 17.6 Å². The molecule has 1 aliphatic heterocycles. The fourth-order valence-electron chi connectivity index (χ4n) is 2.72. The van der Waals surface area contributed by atoms with E-state index in [0.717, 1.165) is 21.8 Å². The smallest absolute Gasteiger partial charge is 0.234 e. The highest BCUT2D eigenvalue weighted by atomic mass is 79.9. The second-order valence-corrected chi connectivity index (χ2v) is 7.82. The third-order valence-electron chi connectivity index (χ3n) is 4.03. The van der Waals surface area contributed by atoms with Gasteiger partial charge in [-0.1, -0.05) is 27.7 Å². The highest BCUT2D eigenvalue weighted by Gasteiger charge is 2.31. The Hall–Kier alpha value is -2.50. The van der Waals surface area contributed by atoms with Gasteiger partial charge in [-0.3, -0.25) is 9.59 Å². The van der Waals surface area contributed by atoms with Gasteiger partial charge in [-0.2, -0.15) is 5.26 Å². The second kappa shape index (κ2) is 8.46. The summed E-state index contributed by atoms with van der Waals surface area (Å²) in [5, 5.41) is 15.5. The summed E-state index contributed by atoms with van der Waals surface area (Å²) in [6.45, 7) is 1.94. The molecular weight excluding hydrogens is 430 g/mol. The minimum Gasteiger partial charge on any atom is -0.469 e. The number of halogens is 1. The van der Waals surface area contributed by atoms with Crippen molar-refractivity contribution in [2.24, 2.45) is 0 Å². The van der Waals surface area contributed by atoms with Gasteiger partial charge in [-0.25, -0.2) is 0 Å². The maximum Gasteiger partial charge on any atom is 0.234 e. The molecule has 0 unspecified atom stereocenters. The lowest BCUT2D eigenvalue weighted by Crippen LogP contribution is -2.31. The summed E-state index contributed by atoms with van der Waals surface area (Å²) in [5.74, 6) is -0.226. The lowest BCUT2D eigenvalue weighted by molar-refractivity contribution is -0.121. The van der Waals surface area contributed by atoms with E-state index in [1.165, 1.54) is 6.26 Å². The molecule has 2 N–H and O–H groups in total. The molecule has 2 aromatic rings. The van der Waals surface area contributed by atoms with E-state index < -0.39 is 5.92 Å². The number of nitrogens with zero attached hydrogens (tertiary/aromatic N) is 1. The SMILES string of the molecule is Cc1cc(NC(=O)CSC2=C(C#N)[C@H](c3ccco3)CC(=O)N2)ccc1Br. The predicted molar refractivity (Wildman–Crippen MR) is 107 cm³/mol. The maximum absolute atomic E-state index is 12.3. The van der Waals surface area contributed by atoms with Crippen LogP contribution in [0.25, 0.3) is 0 Å². The van der Waals surface area contributed by atoms with Crippen LogP contribution in [0.2, 0.25) is 0 Å². The van der Waals surface area contributed by atoms with E-state index in [0.29, 0.717) is 22.0 Å². The van der Waals surface area contributed by atoms with Crippen molar-refractivity contribution < 1.29 is 14.0 Å². The standard InChI is InChI=1S/C19H16BrN3O3S/c1-11-7-12(4-5-15(11)20)22-18(25)10-27-19-14(9-21)13(8-17(24)23-19)16-3-2-6-26-16/h2-7,13H,8,10H2,1H3,(H,22,25)(H,23,24)/t13-/m1/s1. The van der Waals surface area contributed by atoms with E-state index in [1.807, 2.05) is 19.1 Å². The molecule has 2 heterocycles. The van der Waals surface area contributed by atoms with Crippen LogP contribution in [0, 0.1) is 18.3 Å². The third-order valence-corrected chi connectivity index (χ3v) is 5.94. The van der Waals surface area contributed by atoms with Gasteiger partial charge in [0.15, 0.2) is 0 Å². The largest absolute Gasteiger partial charge is 0.469 e. The molecule has 2 amide bonds. The quantitative estimate of drug-likeness (QED) is 0.723. The normalized spacial score (nSPS) is 16.6. The van der Waals surface area contributed by atoms with Crippen LogP contribution >= 0.6 is 27.7 Å². The summed E-state index contributed by atoms with van der Waals surface area (Å²) in [5.41, 5.74) is 2.11. The highest BCUT2D eigenvalue weighted by molar-refractivity contribution is 9.10. The van der Waals surface area contributed by atoms with Crippen LogP contribution in [0.15, 0.2) is 56.1 Å². The molecule has 0 spiro atoms. The van der Waals surface area contributed by atoms with E-state index in [1.54, 1.807) is 18.2 Å². The topological polar surface area (TPSA) is 95.1 Å². The van der Waals surface area contributed by atoms with Gasteiger partial charge in [0.1, 0.15) is 5.76 Å². The predicted octanol–water partition coefficient (Wildman–Crippen LogP) is 4.06. The van der Waals surface area contributed by atoms with E-state index in [9.17, 15) is 14.9 Å². The summed E-state index contributed by atoms with van der Waals surface area (Å²) in [4.78, 5) is 24.3. The molecule has 0 saturated carbocycles. The van der Waals surface area contributed by atoms with Gasteiger partial charge < -0.3 is 15.1 Å². The number of allylic oxidation sites excluding steroid dienone is 1. The molecule has 1 aromatic carbocycles. The molecule has 138 valence electrons.